The van der Waals surface area contributed by atoms with Crippen molar-refractivity contribution < 1.29 is 9.59 Å². The van der Waals surface area contributed by atoms with Crippen LogP contribution in [0.4, 0.5) is 0 Å². The molecule has 2 atom stereocenters. The third-order valence-corrected chi connectivity index (χ3v) is 4.95. The number of carbonyl (C=O) groups is 2. The Balaban J connectivity index is 0.00000208. The van der Waals surface area contributed by atoms with Crippen molar-refractivity contribution >= 4 is 47.4 Å². The Morgan fingerprint density at radius 2 is 2.04 bits per heavy atom. The number of amides is 2. The molecule has 132 valence electrons. The summed E-state index contributed by atoms with van der Waals surface area (Å²) in [6.07, 6.45) is 2.41. The average Bonchev–Trinajstić information content (AvgIpc) is 3.20. The average molecular weight is 393 g/mol. The molecule has 3 rings (SSSR count). The molecule has 2 N–H and O–H groups in total. The van der Waals surface area contributed by atoms with Gasteiger partial charge in [-0.2, -0.15) is 0 Å². The van der Waals surface area contributed by atoms with Crippen molar-refractivity contribution in [3.63, 3.8) is 0 Å². The fraction of sp³-hybridized carbons (Fsp3) is 0.500. The lowest BCUT2D eigenvalue weighted by atomic mass is 10.1. The van der Waals surface area contributed by atoms with Gasteiger partial charge in [0.05, 0.1) is 10.6 Å². The topological polar surface area (TPSA) is 61.4 Å². The zero-order valence-electron chi connectivity index (χ0n) is 13.1. The van der Waals surface area contributed by atoms with Crippen molar-refractivity contribution in [2.75, 3.05) is 19.6 Å². The zero-order valence-corrected chi connectivity index (χ0v) is 15.4. The van der Waals surface area contributed by atoms with Gasteiger partial charge in [-0.05, 0) is 44.0 Å². The van der Waals surface area contributed by atoms with Crippen LogP contribution in [0.5, 0.6) is 0 Å². The van der Waals surface area contributed by atoms with E-state index >= 15 is 0 Å². The number of halogens is 3. The molecule has 0 bridgehead atoms. The van der Waals surface area contributed by atoms with Crippen molar-refractivity contribution in [1.82, 2.24) is 15.5 Å². The first-order valence-electron chi connectivity index (χ1n) is 7.83. The van der Waals surface area contributed by atoms with Crippen LogP contribution < -0.4 is 10.6 Å². The summed E-state index contributed by atoms with van der Waals surface area (Å²) in [5, 5.41) is 7.05. The highest BCUT2D eigenvalue weighted by atomic mass is 35.5. The summed E-state index contributed by atoms with van der Waals surface area (Å²) in [5.41, 5.74) is 0.349. The SMILES string of the molecule is Cl.O=C(NC1CCNC1)C1CCCN1C(=O)c1cc(Cl)ccc1Cl. The number of rotatable bonds is 3. The van der Waals surface area contributed by atoms with Crippen molar-refractivity contribution in [1.29, 1.82) is 0 Å². The standard InChI is InChI=1S/C16H19Cl2N3O2.ClH/c17-10-3-4-13(18)12(8-10)16(23)21-7-1-2-14(21)15(22)20-11-5-6-19-9-11;/h3-4,8,11,14,19H,1-2,5-7,9H2,(H,20,22);1H. The van der Waals surface area contributed by atoms with Gasteiger partial charge < -0.3 is 15.5 Å². The first-order chi connectivity index (χ1) is 11.1. The molecular weight excluding hydrogens is 373 g/mol. The van der Waals surface area contributed by atoms with Gasteiger partial charge >= 0.3 is 0 Å². The molecule has 5 nitrogen and oxygen atoms in total. The fourth-order valence-corrected chi connectivity index (χ4v) is 3.54. The van der Waals surface area contributed by atoms with Gasteiger partial charge in [0.1, 0.15) is 6.04 Å². The van der Waals surface area contributed by atoms with Gasteiger partial charge in [0.15, 0.2) is 0 Å². The number of likely N-dealkylation sites (tertiary alicyclic amines) is 1. The van der Waals surface area contributed by atoms with E-state index in [0.717, 1.165) is 25.9 Å². The minimum atomic E-state index is -0.432. The van der Waals surface area contributed by atoms with E-state index in [4.69, 9.17) is 23.2 Å². The third kappa shape index (κ3) is 4.14. The third-order valence-electron chi connectivity index (χ3n) is 4.38. The molecule has 2 amide bonds. The molecule has 2 fully saturated rings. The lowest BCUT2D eigenvalue weighted by Crippen LogP contribution is -2.49. The van der Waals surface area contributed by atoms with Crippen LogP contribution in [0.15, 0.2) is 18.2 Å². The second kappa shape index (κ2) is 8.39. The summed E-state index contributed by atoms with van der Waals surface area (Å²) in [5.74, 6) is -0.317. The molecule has 0 aliphatic carbocycles. The summed E-state index contributed by atoms with van der Waals surface area (Å²) in [4.78, 5) is 26.9. The predicted octanol–water partition coefficient (Wildman–Crippen LogP) is 2.50. The van der Waals surface area contributed by atoms with Crippen LogP contribution in [-0.2, 0) is 4.79 Å². The zero-order chi connectivity index (χ0) is 16.4. The van der Waals surface area contributed by atoms with Gasteiger partial charge in [0.25, 0.3) is 5.91 Å². The van der Waals surface area contributed by atoms with Crippen LogP contribution >= 0.6 is 35.6 Å². The smallest absolute Gasteiger partial charge is 0.256 e. The molecule has 1 aromatic carbocycles. The van der Waals surface area contributed by atoms with E-state index in [-0.39, 0.29) is 30.3 Å². The Hall–Kier alpha value is -1.01. The van der Waals surface area contributed by atoms with Crippen LogP contribution in [0.25, 0.3) is 0 Å². The van der Waals surface area contributed by atoms with Gasteiger partial charge in [0, 0.05) is 24.2 Å². The molecule has 1 aromatic rings. The Morgan fingerprint density at radius 1 is 1.25 bits per heavy atom. The number of nitrogens with one attached hydrogen (secondary N) is 2. The highest BCUT2D eigenvalue weighted by molar-refractivity contribution is 6.35. The van der Waals surface area contributed by atoms with E-state index in [2.05, 4.69) is 10.6 Å². The molecule has 0 aromatic heterocycles. The van der Waals surface area contributed by atoms with Crippen molar-refractivity contribution in [2.45, 2.75) is 31.3 Å². The largest absolute Gasteiger partial charge is 0.350 e. The van der Waals surface area contributed by atoms with Crippen LogP contribution in [0.3, 0.4) is 0 Å². The quantitative estimate of drug-likeness (QED) is 0.831. The molecule has 0 saturated carbocycles. The fourth-order valence-electron chi connectivity index (χ4n) is 3.17. The van der Waals surface area contributed by atoms with Crippen LogP contribution in [0.1, 0.15) is 29.6 Å². The minimum absolute atomic E-state index is 0. The van der Waals surface area contributed by atoms with E-state index < -0.39 is 6.04 Å². The van der Waals surface area contributed by atoms with Crippen LogP contribution in [0, 0.1) is 0 Å². The molecule has 2 aliphatic heterocycles. The number of hydrogen-bond acceptors (Lipinski definition) is 3. The lowest BCUT2D eigenvalue weighted by Gasteiger charge is -2.25. The van der Waals surface area contributed by atoms with Crippen LogP contribution in [-0.4, -0.2) is 48.4 Å². The maximum absolute atomic E-state index is 12.8. The normalized spacial score (nSPS) is 23.0. The molecule has 8 heteroatoms. The summed E-state index contributed by atoms with van der Waals surface area (Å²) in [7, 11) is 0. The van der Waals surface area contributed by atoms with E-state index in [1.165, 1.54) is 0 Å². The Kier molecular flexibility index (Phi) is 6.75. The second-order valence-corrected chi connectivity index (χ2v) is 6.82. The monoisotopic (exact) mass is 391 g/mol. The van der Waals surface area contributed by atoms with E-state index in [0.29, 0.717) is 28.6 Å². The highest BCUT2D eigenvalue weighted by Gasteiger charge is 2.36. The minimum Gasteiger partial charge on any atom is -0.350 e. The van der Waals surface area contributed by atoms with E-state index in [1.807, 2.05) is 0 Å². The van der Waals surface area contributed by atoms with Gasteiger partial charge in [0.2, 0.25) is 5.91 Å². The first kappa shape index (κ1) is 19.3. The maximum Gasteiger partial charge on any atom is 0.256 e. The summed E-state index contributed by atoms with van der Waals surface area (Å²) in [6.45, 7) is 2.26. The Morgan fingerprint density at radius 3 is 2.75 bits per heavy atom. The van der Waals surface area contributed by atoms with Crippen molar-refractivity contribution in [3.05, 3.63) is 33.8 Å². The molecule has 2 saturated heterocycles. The Labute approximate surface area is 157 Å². The van der Waals surface area contributed by atoms with Gasteiger partial charge in [-0.15, -0.1) is 12.4 Å². The predicted molar refractivity (Wildman–Crippen MR) is 97.2 cm³/mol. The molecule has 2 unspecified atom stereocenters. The summed E-state index contributed by atoms with van der Waals surface area (Å²) < 4.78 is 0. The molecule has 2 aliphatic rings. The summed E-state index contributed by atoms with van der Waals surface area (Å²) in [6, 6.07) is 4.52. The number of benzene rings is 1. The Bertz CT molecular complexity index is 621. The highest BCUT2D eigenvalue weighted by Crippen LogP contribution is 2.26. The second-order valence-electron chi connectivity index (χ2n) is 5.98. The van der Waals surface area contributed by atoms with E-state index in [9.17, 15) is 9.59 Å². The van der Waals surface area contributed by atoms with E-state index in [1.54, 1.807) is 23.1 Å². The summed E-state index contributed by atoms with van der Waals surface area (Å²) >= 11 is 12.1. The van der Waals surface area contributed by atoms with Crippen molar-refractivity contribution in [3.8, 4) is 0 Å². The van der Waals surface area contributed by atoms with Crippen LogP contribution in [0.2, 0.25) is 10.0 Å². The molecule has 2 heterocycles. The maximum atomic E-state index is 12.8. The number of carbonyl (C=O) groups excluding carboxylic acids is 2. The first-order valence-corrected chi connectivity index (χ1v) is 8.59. The van der Waals surface area contributed by atoms with Crippen molar-refractivity contribution in [2.24, 2.45) is 0 Å². The molecule has 24 heavy (non-hydrogen) atoms. The number of nitrogens with zero attached hydrogens (tertiary/aromatic N) is 1. The number of hydrogen-bond donors (Lipinski definition) is 2. The molecule has 0 spiro atoms. The lowest BCUT2D eigenvalue weighted by molar-refractivity contribution is -0.125. The molecular formula is C16H20Cl3N3O2. The van der Waals surface area contributed by atoms with Gasteiger partial charge in [-0.3, -0.25) is 9.59 Å². The molecule has 0 radical (unpaired) electrons. The van der Waals surface area contributed by atoms with Gasteiger partial charge in [-0.1, -0.05) is 23.2 Å². The van der Waals surface area contributed by atoms with Gasteiger partial charge in [-0.25, -0.2) is 0 Å².